The van der Waals surface area contributed by atoms with Gasteiger partial charge >= 0.3 is 5.97 Å². The number of benzene rings is 2. The van der Waals surface area contributed by atoms with Gasteiger partial charge in [-0.05, 0) is 42.3 Å². The van der Waals surface area contributed by atoms with Crippen LogP contribution in [0.5, 0.6) is 0 Å². The van der Waals surface area contributed by atoms with Crippen LogP contribution in [-0.2, 0) is 26.0 Å². The number of fused-ring (bicyclic) bond motifs is 1. The molecule has 1 atom stereocenters. The van der Waals surface area contributed by atoms with Crippen LogP contribution in [0.2, 0.25) is 5.02 Å². The fourth-order valence-corrected chi connectivity index (χ4v) is 4.16. The van der Waals surface area contributed by atoms with Crippen molar-refractivity contribution in [2.24, 2.45) is 0 Å². The van der Waals surface area contributed by atoms with Crippen molar-refractivity contribution in [1.82, 2.24) is 4.90 Å². The Labute approximate surface area is 187 Å². The number of hydrogen-bond acceptors (Lipinski definition) is 6. The monoisotopic (exact) mass is 513 g/mol. The summed E-state index contributed by atoms with van der Waals surface area (Å²) in [7, 11) is -3.44. The molecule has 158 valence electrons. The van der Waals surface area contributed by atoms with Gasteiger partial charge in [-0.15, -0.1) is 0 Å². The van der Waals surface area contributed by atoms with E-state index in [4.69, 9.17) is 16.3 Å². The Hall–Kier alpha value is -2.23. The minimum absolute atomic E-state index is 0.111. The first-order valence-corrected chi connectivity index (χ1v) is 12.1. The molecule has 0 saturated heterocycles. The number of rotatable bonds is 7. The molecule has 0 bridgehead atoms. The molecule has 3 rings (SSSR count). The summed E-state index contributed by atoms with van der Waals surface area (Å²) in [5.74, 6) is -2.57. The van der Waals surface area contributed by atoms with Gasteiger partial charge in [-0.1, -0.05) is 39.7 Å². The Morgan fingerprint density at radius 2 is 1.73 bits per heavy atom. The summed E-state index contributed by atoms with van der Waals surface area (Å²) in [6.07, 6.45) is 0.757. The lowest BCUT2D eigenvalue weighted by molar-refractivity contribution is -0.149. The average molecular weight is 515 g/mol. The van der Waals surface area contributed by atoms with E-state index in [0.29, 0.717) is 15.1 Å². The first-order valence-electron chi connectivity index (χ1n) is 8.83. The molecule has 7 nitrogen and oxygen atoms in total. The van der Waals surface area contributed by atoms with Crippen molar-refractivity contribution >= 4 is 55.2 Å². The number of hydrogen-bond donors (Lipinski definition) is 0. The number of esters is 1. The standard InChI is InChI=1S/C20H17BrClNO6S/c1-30(27,28)9-8-17(20(26)29-11-12-2-5-14(22)6-3-12)23-18(24)15-7-4-13(21)10-16(15)19(23)25/h2-7,10,17H,8-9,11H2,1H3. The van der Waals surface area contributed by atoms with Crippen LogP contribution in [0.3, 0.4) is 0 Å². The van der Waals surface area contributed by atoms with Crippen molar-refractivity contribution in [2.75, 3.05) is 12.0 Å². The topological polar surface area (TPSA) is 97.8 Å². The van der Waals surface area contributed by atoms with Crippen LogP contribution in [0.4, 0.5) is 0 Å². The SMILES string of the molecule is CS(=O)(=O)CCC(C(=O)OCc1ccc(Cl)cc1)N1C(=O)c2ccc(Br)cc2C1=O. The minimum atomic E-state index is -3.44. The quantitative estimate of drug-likeness (QED) is 0.416. The summed E-state index contributed by atoms with van der Waals surface area (Å²) in [5, 5.41) is 0.522. The maximum absolute atomic E-state index is 12.9. The normalized spacial score (nSPS) is 14.6. The van der Waals surface area contributed by atoms with E-state index in [-0.39, 0.29) is 29.9 Å². The van der Waals surface area contributed by atoms with E-state index in [1.165, 1.54) is 12.1 Å². The highest BCUT2D eigenvalue weighted by Crippen LogP contribution is 2.29. The predicted octanol–water partition coefficient (Wildman–Crippen LogP) is 3.25. The summed E-state index contributed by atoms with van der Waals surface area (Å²) in [5.41, 5.74) is 0.947. The lowest BCUT2D eigenvalue weighted by Crippen LogP contribution is -2.46. The molecule has 0 radical (unpaired) electrons. The third kappa shape index (κ3) is 5.08. The van der Waals surface area contributed by atoms with Gasteiger partial charge in [0.1, 0.15) is 22.5 Å². The summed E-state index contributed by atoms with van der Waals surface area (Å²) in [6, 6.07) is 9.81. The average Bonchev–Trinajstić information content (AvgIpc) is 2.91. The highest BCUT2D eigenvalue weighted by Gasteiger charge is 2.43. The number of carbonyl (C=O) groups excluding carboxylic acids is 3. The zero-order valence-corrected chi connectivity index (χ0v) is 19.0. The number of amides is 2. The van der Waals surface area contributed by atoms with Gasteiger partial charge in [0.15, 0.2) is 0 Å². The van der Waals surface area contributed by atoms with Gasteiger partial charge in [0.25, 0.3) is 11.8 Å². The number of nitrogens with zero attached hydrogens (tertiary/aromatic N) is 1. The number of ether oxygens (including phenoxy) is 1. The molecule has 2 aromatic carbocycles. The maximum Gasteiger partial charge on any atom is 0.329 e. The summed E-state index contributed by atoms with van der Waals surface area (Å²) in [6.45, 7) is -0.111. The van der Waals surface area contributed by atoms with Crippen molar-refractivity contribution in [1.29, 1.82) is 0 Å². The molecule has 0 aliphatic carbocycles. The molecule has 0 aromatic heterocycles. The summed E-state index contributed by atoms with van der Waals surface area (Å²) >= 11 is 9.08. The van der Waals surface area contributed by atoms with Gasteiger partial charge in [-0.3, -0.25) is 14.5 Å². The Balaban J connectivity index is 1.85. The van der Waals surface area contributed by atoms with E-state index in [9.17, 15) is 22.8 Å². The van der Waals surface area contributed by atoms with Crippen LogP contribution in [0.25, 0.3) is 0 Å². The zero-order valence-electron chi connectivity index (χ0n) is 15.8. The minimum Gasteiger partial charge on any atom is -0.459 e. The van der Waals surface area contributed by atoms with Crippen molar-refractivity contribution in [3.05, 3.63) is 68.7 Å². The van der Waals surface area contributed by atoms with Crippen LogP contribution >= 0.6 is 27.5 Å². The molecule has 1 aliphatic heterocycles. The first kappa shape index (κ1) is 22.5. The molecular formula is C20H17BrClNO6S. The van der Waals surface area contributed by atoms with Gasteiger partial charge in [-0.2, -0.15) is 0 Å². The second-order valence-electron chi connectivity index (χ2n) is 6.84. The van der Waals surface area contributed by atoms with Crippen LogP contribution in [0, 0.1) is 0 Å². The Morgan fingerprint density at radius 3 is 2.37 bits per heavy atom. The van der Waals surface area contributed by atoms with E-state index in [2.05, 4.69) is 15.9 Å². The molecule has 1 heterocycles. The molecular weight excluding hydrogens is 498 g/mol. The number of imide groups is 1. The molecule has 1 unspecified atom stereocenters. The fourth-order valence-electron chi connectivity index (χ4n) is 3.02. The van der Waals surface area contributed by atoms with Gasteiger partial charge < -0.3 is 4.74 Å². The van der Waals surface area contributed by atoms with E-state index in [1.807, 2.05) is 0 Å². The molecule has 10 heteroatoms. The Morgan fingerprint density at radius 1 is 1.10 bits per heavy atom. The predicted molar refractivity (Wildman–Crippen MR) is 114 cm³/mol. The molecule has 0 spiro atoms. The highest BCUT2D eigenvalue weighted by atomic mass is 79.9. The fraction of sp³-hybridized carbons (Fsp3) is 0.250. The Bertz CT molecular complexity index is 1120. The summed E-state index contributed by atoms with van der Waals surface area (Å²) in [4.78, 5) is 39.3. The lowest BCUT2D eigenvalue weighted by Gasteiger charge is -2.24. The first-order chi connectivity index (χ1) is 14.1. The molecule has 0 saturated carbocycles. The maximum atomic E-state index is 12.9. The molecule has 2 aromatic rings. The smallest absolute Gasteiger partial charge is 0.329 e. The second-order valence-corrected chi connectivity index (χ2v) is 10.5. The number of halogens is 2. The zero-order chi connectivity index (χ0) is 22.1. The molecule has 0 N–H and O–H groups in total. The van der Waals surface area contributed by atoms with Crippen LogP contribution < -0.4 is 0 Å². The van der Waals surface area contributed by atoms with Gasteiger partial charge in [0.2, 0.25) is 0 Å². The van der Waals surface area contributed by atoms with Gasteiger partial charge in [0.05, 0.1) is 16.9 Å². The van der Waals surface area contributed by atoms with E-state index in [1.54, 1.807) is 30.3 Å². The van der Waals surface area contributed by atoms with E-state index < -0.39 is 33.7 Å². The molecule has 1 aliphatic rings. The highest BCUT2D eigenvalue weighted by molar-refractivity contribution is 9.10. The van der Waals surface area contributed by atoms with Crippen molar-refractivity contribution in [3.63, 3.8) is 0 Å². The number of carbonyl (C=O) groups is 3. The van der Waals surface area contributed by atoms with Crippen molar-refractivity contribution in [2.45, 2.75) is 19.1 Å². The Kier molecular flexibility index (Phi) is 6.64. The van der Waals surface area contributed by atoms with E-state index in [0.717, 1.165) is 11.2 Å². The van der Waals surface area contributed by atoms with Crippen LogP contribution in [0.15, 0.2) is 46.9 Å². The van der Waals surface area contributed by atoms with Crippen molar-refractivity contribution in [3.8, 4) is 0 Å². The van der Waals surface area contributed by atoms with Gasteiger partial charge in [0, 0.05) is 15.8 Å². The second kappa shape index (κ2) is 8.87. The molecule has 0 fully saturated rings. The third-order valence-electron chi connectivity index (χ3n) is 4.52. The van der Waals surface area contributed by atoms with Gasteiger partial charge in [-0.25, -0.2) is 13.2 Å². The van der Waals surface area contributed by atoms with Crippen molar-refractivity contribution < 1.29 is 27.5 Å². The third-order valence-corrected chi connectivity index (χ3v) is 6.24. The van der Waals surface area contributed by atoms with Crippen LogP contribution in [-0.4, -0.2) is 49.2 Å². The summed E-state index contributed by atoms with van der Waals surface area (Å²) < 4.78 is 29.2. The number of sulfone groups is 1. The van der Waals surface area contributed by atoms with Crippen LogP contribution in [0.1, 0.15) is 32.7 Å². The lowest BCUT2D eigenvalue weighted by atomic mass is 10.1. The van der Waals surface area contributed by atoms with E-state index >= 15 is 0 Å². The molecule has 2 amide bonds. The largest absolute Gasteiger partial charge is 0.459 e. The molecule has 30 heavy (non-hydrogen) atoms.